The molecule has 0 radical (unpaired) electrons. The summed E-state index contributed by atoms with van der Waals surface area (Å²) in [7, 11) is 0. The van der Waals surface area contributed by atoms with Crippen LogP contribution in [0.1, 0.15) is 48.8 Å². The molecule has 2 aliphatic rings. The van der Waals surface area contributed by atoms with Gasteiger partial charge < -0.3 is 4.42 Å². The van der Waals surface area contributed by atoms with Crippen LogP contribution in [0.5, 0.6) is 0 Å². The number of rotatable bonds is 4. The van der Waals surface area contributed by atoms with E-state index in [1.807, 2.05) is 66.7 Å². The first kappa shape index (κ1) is 29.5. The molecule has 242 valence electrons. The summed E-state index contributed by atoms with van der Waals surface area (Å²) in [5.74, 6) is 1.85. The molecule has 0 atom stereocenters. The topological polar surface area (TPSA) is 75.6 Å². The van der Waals surface area contributed by atoms with Crippen LogP contribution in [-0.2, 0) is 5.41 Å². The number of nitriles is 1. The number of benzene rings is 6. The molecule has 0 unspecified atom stereocenters. The Morgan fingerprint density at radius 3 is 1.92 bits per heavy atom. The van der Waals surface area contributed by atoms with Crippen LogP contribution < -0.4 is 0 Å². The van der Waals surface area contributed by atoms with Crippen molar-refractivity contribution >= 4 is 21.9 Å². The van der Waals surface area contributed by atoms with Crippen LogP contribution in [-0.4, -0.2) is 15.0 Å². The highest BCUT2D eigenvalue weighted by Crippen LogP contribution is 2.56. The third-order valence-electron chi connectivity index (χ3n) is 11.0. The van der Waals surface area contributed by atoms with Gasteiger partial charge in [0.25, 0.3) is 0 Å². The molecule has 1 saturated carbocycles. The van der Waals surface area contributed by atoms with Gasteiger partial charge in [0.15, 0.2) is 17.5 Å². The molecule has 0 N–H and O–H groups in total. The van der Waals surface area contributed by atoms with E-state index in [-0.39, 0.29) is 5.41 Å². The van der Waals surface area contributed by atoms with Gasteiger partial charge in [-0.2, -0.15) is 5.26 Å². The van der Waals surface area contributed by atoms with Crippen molar-refractivity contribution < 1.29 is 4.42 Å². The smallest absolute Gasteiger partial charge is 0.164 e. The molecule has 51 heavy (non-hydrogen) atoms. The summed E-state index contributed by atoms with van der Waals surface area (Å²) in [6.07, 6.45) is 5.93. The minimum atomic E-state index is -0.0238. The minimum absolute atomic E-state index is 0.0238. The molecule has 0 saturated heterocycles. The zero-order chi connectivity index (χ0) is 33.9. The van der Waals surface area contributed by atoms with Crippen molar-refractivity contribution in [3.63, 3.8) is 0 Å². The van der Waals surface area contributed by atoms with Crippen molar-refractivity contribution in [1.29, 1.82) is 5.26 Å². The van der Waals surface area contributed by atoms with Crippen LogP contribution in [0, 0.1) is 11.3 Å². The van der Waals surface area contributed by atoms with Crippen LogP contribution in [0.3, 0.4) is 0 Å². The van der Waals surface area contributed by atoms with Gasteiger partial charge in [-0.3, -0.25) is 0 Å². The second-order valence-electron chi connectivity index (χ2n) is 13.8. The van der Waals surface area contributed by atoms with Crippen LogP contribution in [0.25, 0.3) is 78.4 Å². The molecule has 10 rings (SSSR count). The normalized spacial score (nSPS) is 14.4. The number of hydrogen-bond acceptors (Lipinski definition) is 5. The van der Waals surface area contributed by atoms with Crippen molar-refractivity contribution in [2.75, 3.05) is 0 Å². The quantitative estimate of drug-likeness (QED) is 0.188. The van der Waals surface area contributed by atoms with E-state index < -0.39 is 0 Å². The average Bonchev–Trinajstić information content (AvgIpc) is 3.71. The summed E-state index contributed by atoms with van der Waals surface area (Å²) in [5.41, 5.74) is 12.8. The van der Waals surface area contributed by atoms with E-state index in [1.165, 1.54) is 47.1 Å². The van der Waals surface area contributed by atoms with Crippen LogP contribution >= 0.6 is 0 Å². The molecular formula is C46H32N4O. The first-order valence-electron chi connectivity index (χ1n) is 17.7. The lowest BCUT2D eigenvalue weighted by Crippen LogP contribution is -2.28. The van der Waals surface area contributed by atoms with Gasteiger partial charge in [0.1, 0.15) is 11.2 Å². The molecule has 1 fully saturated rings. The third-order valence-corrected chi connectivity index (χ3v) is 11.0. The lowest BCUT2D eigenvalue weighted by molar-refractivity contribution is 0.353. The van der Waals surface area contributed by atoms with Gasteiger partial charge in [0.2, 0.25) is 0 Å². The molecule has 1 spiro atoms. The number of hydrogen-bond donors (Lipinski definition) is 0. The van der Waals surface area contributed by atoms with Crippen molar-refractivity contribution in [2.45, 2.75) is 37.5 Å². The largest absolute Gasteiger partial charge is 0.456 e. The van der Waals surface area contributed by atoms with E-state index in [0.717, 1.165) is 62.6 Å². The van der Waals surface area contributed by atoms with Crippen LogP contribution in [0.4, 0.5) is 0 Å². The molecule has 5 heteroatoms. The zero-order valence-corrected chi connectivity index (χ0v) is 27.9. The van der Waals surface area contributed by atoms with Gasteiger partial charge >= 0.3 is 0 Å². The molecular weight excluding hydrogens is 625 g/mol. The van der Waals surface area contributed by atoms with Gasteiger partial charge in [-0.05, 0) is 76.6 Å². The highest BCUT2D eigenvalue weighted by molar-refractivity contribution is 6.11. The molecule has 0 aliphatic heterocycles. The number of aromatic nitrogens is 3. The summed E-state index contributed by atoms with van der Waals surface area (Å²) in [5, 5.41) is 11.8. The van der Waals surface area contributed by atoms with Gasteiger partial charge in [0.05, 0.1) is 11.6 Å². The second kappa shape index (κ2) is 11.6. The zero-order valence-electron chi connectivity index (χ0n) is 27.9. The fourth-order valence-corrected chi connectivity index (χ4v) is 8.55. The fraction of sp³-hybridized carbons (Fsp3) is 0.130. The Morgan fingerprint density at radius 2 is 1.14 bits per heavy atom. The number of fused-ring (bicyclic) bond motifs is 8. The number of nitrogens with zero attached hydrogens (tertiary/aromatic N) is 4. The molecule has 2 aromatic heterocycles. The first-order chi connectivity index (χ1) is 25.2. The van der Waals surface area contributed by atoms with Crippen molar-refractivity contribution in [3.05, 3.63) is 150 Å². The Bertz CT molecular complexity index is 2680. The van der Waals surface area contributed by atoms with Gasteiger partial charge in [-0.25, -0.2) is 15.0 Å². The second-order valence-corrected chi connectivity index (χ2v) is 13.8. The summed E-state index contributed by atoms with van der Waals surface area (Å²) in [6, 6.07) is 48.4. The molecule has 8 aromatic rings. The number of para-hydroxylation sites is 1. The molecule has 2 heterocycles. The maximum Gasteiger partial charge on any atom is 0.164 e. The Kier molecular flexibility index (Phi) is 6.72. The SMILES string of the molecule is N#Cc1ccc2c(c1)C1(CCCCC1)c1cc(-c3ccc(-c4nc(-c5ccccc5)nc(-c5cccc6oc7ccccc7c56)n4)cc3)ccc1-2. The predicted molar refractivity (Wildman–Crippen MR) is 203 cm³/mol. The monoisotopic (exact) mass is 656 g/mol. The van der Waals surface area contributed by atoms with Gasteiger partial charge in [-0.1, -0.05) is 122 Å². The molecule has 2 aliphatic carbocycles. The summed E-state index contributed by atoms with van der Waals surface area (Å²) in [4.78, 5) is 15.1. The van der Waals surface area contributed by atoms with Crippen molar-refractivity contribution in [1.82, 2.24) is 15.0 Å². The maximum atomic E-state index is 9.72. The lowest BCUT2D eigenvalue weighted by Gasteiger charge is -2.36. The number of furan rings is 1. The molecule has 5 nitrogen and oxygen atoms in total. The van der Waals surface area contributed by atoms with E-state index in [1.54, 1.807) is 0 Å². The van der Waals surface area contributed by atoms with Crippen molar-refractivity contribution in [3.8, 4) is 62.5 Å². The fourth-order valence-electron chi connectivity index (χ4n) is 8.55. The Hall–Kier alpha value is -6.38. The highest BCUT2D eigenvalue weighted by Gasteiger charge is 2.44. The highest BCUT2D eigenvalue weighted by atomic mass is 16.3. The third kappa shape index (κ3) is 4.71. The van der Waals surface area contributed by atoms with E-state index in [9.17, 15) is 5.26 Å². The van der Waals surface area contributed by atoms with E-state index in [0.29, 0.717) is 17.5 Å². The average molecular weight is 657 g/mol. The van der Waals surface area contributed by atoms with E-state index in [4.69, 9.17) is 19.4 Å². The van der Waals surface area contributed by atoms with Crippen LogP contribution in [0.2, 0.25) is 0 Å². The maximum absolute atomic E-state index is 9.72. The van der Waals surface area contributed by atoms with Crippen LogP contribution in [0.15, 0.2) is 138 Å². The Labute approximate surface area is 295 Å². The first-order valence-corrected chi connectivity index (χ1v) is 17.7. The van der Waals surface area contributed by atoms with Gasteiger partial charge in [0, 0.05) is 32.9 Å². The summed E-state index contributed by atoms with van der Waals surface area (Å²) < 4.78 is 6.21. The van der Waals surface area contributed by atoms with Gasteiger partial charge in [-0.15, -0.1) is 0 Å². The van der Waals surface area contributed by atoms with Crippen molar-refractivity contribution in [2.24, 2.45) is 0 Å². The van der Waals surface area contributed by atoms with E-state index >= 15 is 0 Å². The summed E-state index contributed by atoms with van der Waals surface area (Å²) in [6.45, 7) is 0. The predicted octanol–water partition coefficient (Wildman–Crippen LogP) is 11.5. The molecule has 0 amide bonds. The lowest BCUT2D eigenvalue weighted by atomic mass is 9.67. The Morgan fingerprint density at radius 1 is 0.510 bits per heavy atom. The van der Waals surface area contributed by atoms with E-state index in [2.05, 4.69) is 72.8 Å². The minimum Gasteiger partial charge on any atom is -0.456 e. The molecule has 0 bridgehead atoms. The standard InChI is InChI=1S/C46H32N4O/c47-28-29-16-22-34-35-23-21-33(27-39(35)46(38(34)26-29)24-7-2-8-25-46)30-17-19-32(20-18-30)44-48-43(31-10-3-1-4-11-31)49-45(50-44)37-13-9-15-41-42(37)36-12-5-6-14-40(36)51-41/h1,3-6,9-23,26-27H,2,7-8,24-25H2. The molecule has 6 aromatic carbocycles. The summed E-state index contributed by atoms with van der Waals surface area (Å²) >= 11 is 0. The Balaban J connectivity index is 1.07.